The van der Waals surface area contributed by atoms with Crippen molar-refractivity contribution in [2.75, 3.05) is 18.4 Å². The summed E-state index contributed by atoms with van der Waals surface area (Å²) in [7, 11) is -3.92. The van der Waals surface area contributed by atoms with Gasteiger partial charge in [-0.1, -0.05) is 29.8 Å². The summed E-state index contributed by atoms with van der Waals surface area (Å²) in [6, 6.07) is 9.78. The molecule has 0 unspecified atom stereocenters. The van der Waals surface area contributed by atoms with Gasteiger partial charge in [0, 0.05) is 30.4 Å². The van der Waals surface area contributed by atoms with Crippen molar-refractivity contribution >= 4 is 39.3 Å². The molecule has 8 nitrogen and oxygen atoms in total. The highest BCUT2D eigenvalue weighted by Gasteiger charge is 2.31. The van der Waals surface area contributed by atoms with E-state index < -0.39 is 15.6 Å². The number of nitrogens with zero attached hydrogens (tertiary/aromatic N) is 1. The maximum atomic E-state index is 13.2. The Bertz CT molecular complexity index is 1270. The van der Waals surface area contributed by atoms with E-state index in [-0.39, 0.29) is 33.9 Å². The third-order valence-corrected chi connectivity index (χ3v) is 8.47. The lowest BCUT2D eigenvalue weighted by molar-refractivity contribution is 0.0174. The first-order chi connectivity index (χ1) is 17.2. The molecule has 2 aromatic rings. The molecule has 1 aliphatic heterocycles. The van der Waals surface area contributed by atoms with E-state index in [1.165, 1.54) is 12.1 Å². The highest BCUT2D eigenvalue weighted by molar-refractivity contribution is 7.89. The summed E-state index contributed by atoms with van der Waals surface area (Å²) >= 11 is 6.39. The van der Waals surface area contributed by atoms with Gasteiger partial charge in [-0.15, -0.1) is 0 Å². The van der Waals surface area contributed by atoms with Crippen LogP contribution in [0.25, 0.3) is 0 Å². The van der Waals surface area contributed by atoms with Gasteiger partial charge in [-0.2, -0.15) is 0 Å². The van der Waals surface area contributed by atoms with Crippen LogP contribution < -0.4 is 10.0 Å². The molecule has 0 aliphatic carbocycles. The number of halogens is 1. The van der Waals surface area contributed by atoms with Crippen LogP contribution in [0, 0.1) is 19.8 Å². The predicted octanol–water partition coefficient (Wildman–Crippen LogP) is 5.52. The summed E-state index contributed by atoms with van der Waals surface area (Å²) < 4.78 is 34.6. The summed E-state index contributed by atoms with van der Waals surface area (Å²) in [6.45, 7) is 11.9. The lowest BCUT2D eigenvalue weighted by atomic mass is 9.91. The van der Waals surface area contributed by atoms with Crippen molar-refractivity contribution < 1.29 is 22.7 Å². The van der Waals surface area contributed by atoms with E-state index in [0.29, 0.717) is 42.7 Å². The number of piperidine rings is 1. The molecule has 0 bridgehead atoms. The molecule has 202 valence electrons. The number of rotatable bonds is 6. The van der Waals surface area contributed by atoms with E-state index in [1.807, 2.05) is 46.8 Å². The molecule has 37 heavy (non-hydrogen) atoms. The van der Waals surface area contributed by atoms with E-state index in [2.05, 4.69) is 10.0 Å². The minimum atomic E-state index is -3.92. The third kappa shape index (κ3) is 7.46. The number of anilines is 1. The van der Waals surface area contributed by atoms with Gasteiger partial charge in [0.05, 0.1) is 5.02 Å². The van der Waals surface area contributed by atoms with Crippen LogP contribution >= 0.6 is 11.6 Å². The lowest BCUT2D eigenvalue weighted by Crippen LogP contribution is -2.46. The Hall–Kier alpha value is -2.62. The third-order valence-electron chi connectivity index (χ3n) is 6.45. The van der Waals surface area contributed by atoms with Gasteiger partial charge in [-0.3, -0.25) is 4.79 Å². The molecule has 2 aromatic carbocycles. The first kappa shape index (κ1) is 28.9. The second-order valence-corrected chi connectivity index (χ2v) is 12.7. The van der Waals surface area contributed by atoms with Crippen LogP contribution in [0.5, 0.6) is 0 Å². The van der Waals surface area contributed by atoms with Crippen LogP contribution in [0.4, 0.5) is 10.5 Å². The van der Waals surface area contributed by atoms with Crippen molar-refractivity contribution in [2.24, 2.45) is 5.92 Å². The highest BCUT2D eigenvalue weighted by atomic mass is 35.5. The average molecular weight is 550 g/mol. The van der Waals surface area contributed by atoms with Gasteiger partial charge in [0.25, 0.3) is 5.91 Å². The number of hydrogen-bond donors (Lipinski definition) is 2. The minimum Gasteiger partial charge on any atom is -0.444 e. The largest absolute Gasteiger partial charge is 0.444 e. The Balaban J connectivity index is 1.66. The predicted molar refractivity (Wildman–Crippen MR) is 146 cm³/mol. The molecule has 0 spiro atoms. The fourth-order valence-corrected chi connectivity index (χ4v) is 6.25. The van der Waals surface area contributed by atoms with Gasteiger partial charge in [-0.05, 0) is 89.6 Å². The Morgan fingerprint density at radius 1 is 1.08 bits per heavy atom. The number of carbonyl (C=O) groups excluding carboxylic acids is 2. The SMILES string of the molecule is Cc1cc(S(=O)(=O)N[C@H](C)C2CCN(C(=O)OC(C)(C)C)CC2)c(Cl)cc1NC(=O)c1ccccc1C. The van der Waals surface area contributed by atoms with Gasteiger partial charge in [-0.25, -0.2) is 17.9 Å². The van der Waals surface area contributed by atoms with Crippen LogP contribution in [-0.4, -0.2) is 50.1 Å². The normalized spacial score (nSPS) is 15.8. The summed E-state index contributed by atoms with van der Waals surface area (Å²) in [5, 5.41) is 2.84. The zero-order chi connectivity index (χ0) is 27.5. The number of benzene rings is 2. The molecular formula is C27H36ClN3O5S. The number of carbonyl (C=O) groups is 2. The zero-order valence-corrected chi connectivity index (χ0v) is 23.8. The molecule has 0 radical (unpaired) electrons. The molecule has 10 heteroatoms. The first-order valence-corrected chi connectivity index (χ1v) is 14.2. The highest BCUT2D eigenvalue weighted by Crippen LogP contribution is 2.30. The first-order valence-electron chi connectivity index (χ1n) is 12.4. The molecule has 0 saturated carbocycles. The monoisotopic (exact) mass is 549 g/mol. The van der Waals surface area contributed by atoms with Crippen LogP contribution in [0.1, 0.15) is 62.0 Å². The maximum Gasteiger partial charge on any atom is 0.410 e. The van der Waals surface area contributed by atoms with Crippen LogP contribution in [0.15, 0.2) is 41.3 Å². The topological polar surface area (TPSA) is 105 Å². The second-order valence-electron chi connectivity index (χ2n) is 10.6. The van der Waals surface area contributed by atoms with Gasteiger partial charge in [0.2, 0.25) is 10.0 Å². The number of likely N-dealkylation sites (tertiary alicyclic amines) is 1. The second kappa shape index (κ2) is 11.4. The number of aryl methyl sites for hydroxylation is 2. The van der Waals surface area contributed by atoms with Crippen molar-refractivity contribution in [3.05, 3.63) is 58.1 Å². The summed E-state index contributed by atoms with van der Waals surface area (Å²) in [5.41, 5.74) is 1.82. The van der Waals surface area contributed by atoms with E-state index in [4.69, 9.17) is 16.3 Å². The van der Waals surface area contributed by atoms with Crippen molar-refractivity contribution in [1.82, 2.24) is 9.62 Å². The van der Waals surface area contributed by atoms with E-state index in [0.717, 1.165) is 5.56 Å². The number of amides is 2. The van der Waals surface area contributed by atoms with Gasteiger partial charge in [0.1, 0.15) is 10.5 Å². The van der Waals surface area contributed by atoms with Crippen LogP contribution in [0.3, 0.4) is 0 Å². The smallest absolute Gasteiger partial charge is 0.410 e. The Morgan fingerprint density at radius 2 is 1.70 bits per heavy atom. The van der Waals surface area contributed by atoms with Crippen molar-refractivity contribution in [3.8, 4) is 0 Å². The van der Waals surface area contributed by atoms with Gasteiger partial charge < -0.3 is 15.0 Å². The lowest BCUT2D eigenvalue weighted by Gasteiger charge is -2.35. The molecule has 1 atom stereocenters. The van der Waals surface area contributed by atoms with Crippen molar-refractivity contribution in [3.63, 3.8) is 0 Å². The Kier molecular flexibility index (Phi) is 8.93. The number of hydrogen-bond acceptors (Lipinski definition) is 5. The molecule has 2 N–H and O–H groups in total. The molecule has 1 saturated heterocycles. The standard InChI is InChI=1S/C27H36ClN3O5S/c1-17-9-7-8-10-21(17)25(32)29-23-16-22(28)24(15-18(23)2)37(34,35)30-19(3)20-11-13-31(14-12-20)26(33)36-27(4,5)6/h7-10,15-16,19-20,30H,11-14H2,1-6H3,(H,29,32)/t19-/m1/s1. The fourth-order valence-electron chi connectivity index (χ4n) is 4.33. The Labute approximate surface area is 224 Å². The molecular weight excluding hydrogens is 514 g/mol. The molecule has 3 rings (SSSR count). The molecule has 0 aromatic heterocycles. The average Bonchev–Trinajstić information content (AvgIpc) is 2.80. The summed E-state index contributed by atoms with van der Waals surface area (Å²) in [5.74, 6) is -0.238. The molecule has 1 fully saturated rings. The number of ether oxygens (including phenoxy) is 1. The van der Waals surface area contributed by atoms with Crippen LogP contribution in [0.2, 0.25) is 5.02 Å². The summed E-state index contributed by atoms with van der Waals surface area (Å²) in [6.07, 6.45) is 0.954. The maximum absolute atomic E-state index is 13.2. The minimum absolute atomic E-state index is 0.0186. The van der Waals surface area contributed by atoms with Crippen molar-refractivity contribution in [1.29, 1.82) is 0 Å². The van der Waals surface area contributed by atoms with E-state index in [1.54, 1.807) is 24.0 Å². The molecule has 2 amide bonds. The number of sulfonamides is 1. The van der Waals surface area contributed by atoms with E-state index >= 15 is 0 Å². The van der Waals surface area contributed by atoms with E-state index in [9.17, 15) is 18.0 Å². The van der Waals surface area contributed by atoms with Crippen molar-refractivity contribution in [2.45, 2.75) is 70.9 Å². The Morgan fingerprint density at radius 3 is 2.30 bits per heavy atom. The molecule has 1 aliphatic rings. The van der Waals surface area contributed by atoms with Gasteiger partial charge in [0.15, 0.2) is 0 Å². The molecule has 1 heterocycles. The zero-order valence-electron chi connectivity index (χ0n) is 22.2. The number of nitrogens with one attached hydrogen (secondary N) is 2. The van der Waals surface area contributed by atoms with Crippen LogP contribution in [-0.2, 0) is 14.8 Å². The quantitative estimate of drug-likeness (QED) is 0.493. The summed E-state index contributed by atoms with van der Waals surface area (Å²) in [4.78, 5) is 26.7. The van der Waals surface area contributed by atoms with Gasteiger partial charge >= 0.3 is 6.09 Å². The fraction of sp³-hybridized carbons (Fsp3) is 0.481.